The molecule has 2 N–H and O–H groups in total. The molecule has 3 aliphatic carbocycles. The number of hydrogen-bond acceptors (Lipinski definition) is 10. The molecule has 9 atom stereocenters. The molecule has 2 saturated carbocycles. The van der Waals surface area contributed by atoms with E-state index in [9.17, 15) is 19.8 Å². The van der Waals surface area contributed by atoms with Gasteiger partial charge in [0.2, 0.25) is 0 Å². The van der Waals surface area contributed by atoms with Crippen LogP contribution in [0.5, 0.6) is 0 Å². The number of fused-ring (bicyclic) bond motifs is 6. The number of benzene rings is 1. The number of rotatable bonds is 3. The molecule has 6 rings (SSSR count). The van der Waals surface area contributed by atoms with Crippen LogP contribution < -0.4 is 0 Å². The molecule has 2 unspecified atom stereocenters. The van der Waals surface area contributed by atoms with Crippen molar-refractivity contribution in [2.75, 3.05) is 6.61 Å². The third kappa shape index (κ3) is 4.77. The fraction of sp³-hybridized carbons (Fsp3) is 0.676. The summed E-state index contributed by atoms with van der Waals surface area (Å²) < 4.78 is 32.9. The lowest BCUT2D eigenvalue weighted by atomic mass is 9.44. The maximum absolute atomic E-state index is 15.6. The monoisotopic (exact) mass is 672 g/mol. The predicted octanol–water partition coefficient (Wildman–Crippen LogP) is 4.09. The van der Waals surface area contributed by atoms with Crippen LogP contribution in [0.15, 0.2) is 41.5 Å². The smallest absolute Gasteiger partial charge is 0.338 e. The van der Waals surface area contributed by atoms with E-state index in [0.29, 0.717) is 16.8 Å². The van der Waals surface area contributed by atoms with Gasteiger partial charge in [0, 0.05) is 25.2 Å². The molecule has 4 fully saturated rings. The minimum Gasteiger partial charge on any atom is -0.455 e. The number of aliphatic hydroxyl groups is 2. The lowest BCUT2D eigenvalue weighted by molar-refractivity contribution is -0.344. The maximum Gasteiger partial charge on any atom is 0.338 e. The zero-order valence-electron chi connectivity index (χ0n) is 28.3. The lowest BCUT2D eigenvalue weighted by Gasteiger charge is -2.68. The Labute approximate surface area is 273 Å². The van der Waals surface area contributed by atoms with Crippen molar-refractivity contribution in [2.45, 2.75) is 121 Å². The van der Waals surface area contributed by atoms with E-state index in [-0.39, 0.29) is 30.8 Å². The third-order valence-corrected chi connectivity index (χ3v) is 20.2. The molecule has 0 aromatic heterocycles. The van der Waals surface area contributed by atoms with Gasteiger partial charge < -0.3 is 33.3 Å². The van der Waals surface area contributed by atoms with Gasteiger partial charge >= 0.3 is 11.9 Å². The van der Waals surface area contributed by atoms with E-state index in [1.54, 1.807) is 44.2 Å². The Bertz CT molecular complexity index is 1490. The third-order valence-electron chi connectivity index (χ3n) is 11.6. The zero-order valence-corrected chi connectivity index (χ0v) is 30.3. The minimum atomic E-state index is -2.61. The van der Waals surface area contributed by atoms with Crippen molar-refractivity contribution in [3.05, 3.63) is 47.0 Å². The summed E-state index contributed by atoms with van der Waals surface area (Å²) in [4.78, 5) is 42.5. The zero-order chi connectivity index (χ0) is 33.8. The van der Waals surface area contributed by atoms with Crippen LogP contribution in [0.4, 0.5) is 0 Å². The normalized spacial score (nSPS) is 42.1. The van der Waals surface area contributed by atoms with E-state index < -0.39 is 87.0 Å². The Kier molecular flexibility index (Phi) is 7.80. The van der Waals surface area contributed by atoms with Crippen molar-refractivity contribution in [1.82, 2.24) is 0 Å². The Morgan fingerprint density at radius 1 is 1.00 bits per heavy atom. The van der Waals surface area contributed by atoms with Gasteiger partial charge in [-0.05, 0) is 69.0 Å². The molecule has 0 spiro atoms. The van der Waals surface area contributed by atoms with Gasteiger partial charge in [0.05, 0.1) is 35.7 Å². The number of ketones is 1. The van der Waals surface area contributed by atoms with Crippen LogP contribution in [0.3, 0.4) is 0 Å². The van der Waals surface area contributed by atoms with Crippen LogP contribution in [0, 0.1) is 16.7 Å². The molecule has 252 valence electrons. The van der Waals surface area contributed by atoms with Gasteiger partial charge in [-0.15, -0.1) is 0 Å². The van der Waals surface area contributed by atoms with E-state index >= 15 is 4.79 Å². The summed E-state index contributed by atoms with van der Waals surface area (Å²) in [6, 6.07) is 8.45. The number of carbonyl (C=O) groups is 3. The summed E-state index contributed by atoms with van der Waals surface area (Å²) in [6.45, 7) is 16.9. The summed E-state index contributed by atoms with van der Waals surface area (Å²) in [6.07, 6.45) is -4.94. The summed E-state index contributed by atoms with van der Waals surface area (Å²) >= 11 is 0. The van der Waals surface area contributed by atoms with Crippen LogP contribution in [0.25, 0.3) is 0 Å². The van der Waals surface area contributed by atoms with Gasteiger partial charge in [-0.3, -0.25) is 9.59 Å². The molecule has 4 bridgehead atoms. The largest absolute Gasteiger partial charge is 0.455 e. The molecule has 5 aliphatic rings. The van der Waals surface area contributed by atoms with Crippen LogP contribution >= 0.6 is 0 Å². The number of esters is 2. The first-order valence-electron chi connectivity index (χ1n) is 16.3. The molecule has 2 heterocycles. The highest BCUT2D eigenvalue weighted by atomic mass is 28.4. The average Bonchev–Trinajstić information content (AvgIpc) is 2.95. The van der Waals surface area contributed by atoms with Gasteiger partial charge in [0.25, 0.3) is 0 Å². The van der Waals surface area contributed by atoms with E-state index in [1.165, 1.54) is 6.92 Å². The molecule has 0 amide bonds. The van der Waals surface area contributed by atoms with Crippen LogP contribution in [-0.2, 0) is 32.7 Å². The SMILES string of the molecule is CC(=O)O[C@@]12CO[C@@H]1C[C@@H]1O[Si](C)(C)C[Si](C)(C)O[C@H]3C(=O)[C@@]1(C)C2C(OC(=O)c1ccccc1)[C@]1(O)C[C@@H](O)C(C)=C3C1(C)C. The van der Waals surface area contributed by atoms with Crippen molar-refractivity contribution in [3.63, 3.8) is 0 Å². The van der Waals surface area contributed by atoms with Gasteiger partial charge in [0.1, 0.15) is 23.9 Å². The highest BCUT2D eigenvalue weighted by molar-refractivity contribution is 6.89. The summed E-state index contributed by atoms with van der Waals surface area (Å²) in [5.74, 6) is -2.67. The average molecular weight is 673 g/mol. The van der Waals surface area contributed by atoms with Gasteiger partial charge in [-0.25, -0.2) is 4.79 Å². The lowest BCUT2D eigenvalue weighted by Crippen LogP contribution is -2.82. The van der Waals surface area contributed by atoms with Crippen LogP contribution in [0.1, 0.15) is 57.8 Å². The molecule has 12 heteroatoms. The van der Waals surface area contributed by atoms with Crippen molar-refractivity contribution in [1.29, 1.82) is 0 Å². The van der Waals surface area contributed by atoms with Gasteiger partial charge in [-0.1, -0.05) is 32.0 Å². The Balaban J connectivity index is 1.70. The number of hydrogen-bond donors (Lipinski definition) is 2. The Morgan fingerprint density at radius 3 is 2.22 bits per heavy atom. The fourth-order valence-corrected chi connectivity index (χ4v) is 20.5. The number of aliphatic hydroxyl groups excluding tert-OH is 1. The minimum absolute atomic E-state index is 0.0513. The number of carbonyl (C=O) groups excluding carboxylic acids is 3. The molecular formula is C34H48O10Si2. The van der Waals surface area contributed by atoms with Crippen molar-refractivity contribution in [2.24, 2.45) is 16.7 Å². The molecule has 1 aromatic carbocycles. The highest BCUT2D eigenvalue weighted by Crippen LogP contribution is 2.65. The Hall–Kier alpha value is -2.20. The maximum atomic E-state index is 15.6. The molecule has 0 radical (unpaired) electrons. The topological polar surface area (TPSA) is 138 Å². The first-order valence-corrected chi connectivity index (χ1v) is 22.5. The number of Topliss-reactive ketones (excluding diaryl/α,β-unsaturated/α-hetero) is 1. The molecule has 2 saturated heterocycles. The van der Waals surface area contributed by atoms with Gasteiger partial charge in [0.15, 0.2) is 28.0 Å². The van der Waals surface area contributed by atoms with Crippen molar-refractivity contribution < 1.29 is 47.7 Å². The van der Waals surface area contributed by atoms with Crippen LogP contribution in [-0.4, -0.2) is 92.9 Å². The van der Waals surface area contributed by atoms with E-state index in [0.717, 1.165) is 0 Å². The van der Waals surface area contributed by atoms with E-state index in [1.807, 2.05) is 13.8 Å². The van der Waals surface area contributed by atoms with Crippen molar-refractivity contribution in [3.8, 4) is 0 Å². The first kappa shape index (κ1) is 33.7. The molecule has 1 aromatic rings. The Morgan fingerprint density at radius 2 is 1.63 bits per heavy atom. The first-order chi connectivity index (χ1) is 21.2. The molecule has 46 heavy (non-hydrogen) atoms. The van der Waals surface area contributed by atoms with Crippen LogP contribution in [0.2, 0.25) is 31.9 Å². The van der Waals surface area contributed by atoms with Gasteiger partial charge in [-0.2, -0.15) is 0 Å². The predicted molar refractivity (Wildman–Crippen MR) is 173 cm³/mol. The standard InChI is InChI=1S/C34H48O10Si2/c1-19-22(36)16-34(39)29(41-30(38)21-13-11-10-12-14-21)27-32(5)23(15-24-33(27,17-40-24)42-20(2)35)43-45(6,7)18-46(8,9)44-26(28(32)37)25(19)31(34,3)4/h10-14,22-24,26-27,29,36,39H,15-18H2,1-9H3/t22-,23+,24-,26-,27?,29?,32-,33+,34-/m1/s1. The summed E-state index contributed by atoms with van der Waals surface area (Å²) in [5, 5.41) is 24.9. The highest BCUT2D eigenvalue weighted by Gasteiger charge is 2.78. The quantitative estimate of drug-likeness (QED) is 0.274. The number of ether oxygens (including phenoxy) is 3. The second kappa shape index (κ2) is 10.7. The summed E-state index contributed by atoms with van der Waals surface area (Å²) in [5.41, 5.74) is -4.00. The fourth-order valence-electron chi connectivity index (χ4n) is 9.70. The second-order valence-electron chi connectivity index (χ2n) is 16.1. The molecule has 2 aliphatic heterocycles. The molecular weight excluding hydrogens is 625 g/mol. The van der Waals surface area contributed by atoms with E-state index in [2.05, 4.69) is 26.2 Å². The summed E-state index contributed by atoms with van der Waals surface area (Å²) in [7, 11) is -5.12. The molecule has 10 nitrogen and oxygen atoms in total. The van der Waals surface area contributed by atoms with Crippen molar-refractivity contribution >= 4 is 34.4 Å². The van der Waals surface area contributed by atoms with E-state index in [4.69, 9.17) is 23.1 Å². The second-order valence-corrected chi connectivity index (χ2v) is 25.0.